The molecule has 1 N–H and O–H groups in total. The highest BCUT2D eigenvalue weighted by molar-refractivity contribution is 9.10. The summed E-state index contributed by atoms with van der Waals surface area (Å²) in [6.07, 6.45) is 1.83. The number of ether oxygens (including phenoxy) is 1. The highest BCUT2D eigenvalue weighted by atomic mass is 79.9. The first kappa shape index (κ1) is 17.4. The van der Waals surface area contributed by atoms with Crippen LogP contribution in [0.1, 0.15) is 37.6 Å². The summed E-state index contributed by atoms with van der Waals surface area (Å²) < 4.78 is 5.89. The van der Waals surface area contributed by atoms with Gasteiger partial charge in [-0.05, 0) is 44.9 Å². The number of hydrogen-bond acceptors (Lipinski definition) is 6. The zero-order valence-electron chi connectivity index (χ0n) is 13.9. The number of halogens is 1. The maximum Gasteiger partial charge on any atom is 0.309 e. The van der Waals surface area contributed by atoms with Crippen LogP contribution in [-0.2, 0) is 9.53 Å². The van der Waals surface area contributed by atoms with Gasteiger partial charge in [0, 0.05) is 27.7 Å². The number of esters is 1. The number of hydrogen-bond donors (Lipinski definition) is 1. The number of anilines is 1. The molecule has 0 radical (unpaired) electrons. The Labute approximate surface area is 154 Å². The van der Waals surface area contributed by atoms with Crippen molar-refractivity contribution in [3.63, 3.8) is 0 Å². The topological polar surface area (TPSA) is 64.1 Å². The molecule has 1 aromatic heterocycles. The number of carbonyl (C=O) groups is 1. The van der Waals surface area contributed by atoms with Crippen molar-refractivity contribution in [2.45, 2.75) is 38.6 Å². The number of methoxy groups -OCH3 is 1. The molecule has 24 heavy (non-hydrogen) atoms. The Balaban J connectivity index is 1.87. The summed E-state index contributed by atoms with van der Waals surface area (Å²) in [5, 5.41) is 14.0. The molecule has 0 bridgehead atoms. The predicted octanol–water partition coefficient (Wildman–Crippen LogP) is 4.45. The lowest BCUT2D eigenvalue weighted by Gasteiger charge is -2.32. The molecule has 2 aromatic rings. The Morgan fingerprint density at radius 2 is 2.17 bits per heavy atom. The van der Waals surface area contributed by atoms with Crippen molar-refractivity contribution in [2.24, 2.45) is 5.92 Å². The third-order valence-corrected chi connectivity index (χ3v) is 5.77. The van der Waals surface area contributed by atoms with Gasteiger partial charge in [0.05, 0.1) is 13.0 Å². The second kappa shape index (κ2) is 7.19. The molecule has 1 aliphatic rings. The Kier molecular flexibility index (Phi) is 5.20. The van der Waals surface area contributed by atoms with Gasteiger partial charge in [-0.2, -0.15) is 0 Å². The van der Waals surface area contributed by atoms with Crippen molar-refractivity contribution < 1.29 is 9.53 Å². The van der Waals surface area contributed by atoms with E-state index in [1.54, 1.807) is 11.3 Å². The van der Waals surface area contributed by atoms with Gasteiger partial charge in [0.2, 0.25) is 0 Å². The lowest BCUT2D eigenvalue weighted by atomic mass is 9.74. The maximum atomic E-state index is 11.8. The fraction of sp³-hybridized carbons (Fsp3) is 0.471. The van der Waals surface area contributed by atoms with Gasteiger partial charge in [0.15, 0.2) is 0 Å². The van der Waals surface area contributed by atoms with Crippen molar-refractivity contribution in [3.8, 4) is 10.6 Å². The zero-order valence-corrected chi connectivity index (χ0v) is 16.3. The number of nitrogens with one attached hydrogen (secondary N) is 1. The van der Waals surface area contributed by atoms with Crippen LogP contribution < -0.4 is 5.32 Å². The summed E-state index contributed by atoms with van der Waals surface area (Å²) in [7, 11) is 1.44. The van der Waals surface area contributed by atoms with E-state index in [4.69, 9.17) is 4.74 Å². The average Bonchev–Trinajstić information content (AvgIpc) is 2.94. The SMILES string of the molecule is COC(=O)[C@@H]1CC[C@H]1c1nnc(-c2ccc(Br)cc2NC(C)C)s1. The minimum atomic E-state index is -0.145. The van der Waals surface area contributed by atoms with E-state index in [1.807, 2.05) is 12.1 Å². The van der Waals surface area contributed by atoms with Gasteiger partial charge in [-0.1, -0.05) is 27.3 Å². The standard InChI is InChI=1S/C17H20BrN3O2S/c1-9(2)19-14-8-10(18)4-5-13(14)16-21-20-15(24-16)11-6-7-12(11)17(22)23-3/h4-5,8-9,11-12,19H,6-7H2,1-3H3/t11-,12-/m1/s1. The monoisotopic (exact) mass is 409 g/mol. The quantitative estimate of drug-likeness (QED) is 0.738. The number of nitrogens with zero attached hydrogens (tertiary/aromatic N) is 2. The zero-order chi connectivity index (χ0) is 17.3. The van der Waals surface area contributed by atoms with Gasteiger partial charge in [0.1, 0.15) is 10.0 Å². The van der Waals surface area contributed by atoms with E-state index in [1.165, 1.54) is 7.11 Å². The van der Waals surface area contributed by atoms with E-state index in [2.05, 4.69) is 51.4 Å². The van der Waals surface area contributed by atoms with Crippen LogP contribution in [0.25, 0.3) is 10.6 Å². The van der Waals surface area contributed by atoms with Gasteiger partial charge in [-0.15, -0.1) is 10.2 Å². The third kappa shape index (κ3) is 3.47. The van der Waals surface area contributed by atoms with Gasteiger partial charge in [-0.3, -0.25) is 4.79 Å². The fourth-order valence-corrected chi connectivity index (χ4v) is 4.30. The van der Waals surface area contributed by atoms with E-state index in [-0.39, 0.29) is 17.8 Å². The van der Waals surface area contributed by atoms with Crippen LogP contribution in [0.4, 0.5) is 5.69 Å². The summed E-state index contributed by atoms with van der Waals surface area (Å²) >= 11 is 5.08. The van der Waals surface area contributed by atoms with E-state index in [9.17, 15) is 4.79 Å². The van der Waals surface area contributed by atoms with E-state index >= 15 is 0 Å². The van der Waals surface area contributed by atoms with Crippen molar-refractivity contribution in [1.29, 1.82) is 0 Å². The lowest BCUT2D eigenvalue weighted by Crippen LogP contribution is -2.31. The molecule has 0 amide bonds. The van der Waals surface area contributed by atoms with E-state index in [0.717, 1.165) is 38.6 Å². The molecule has 7 heteroatoms. The molecule has 0 aliphatic heterocycles. The highest BCUT2D eigenvalue weighted by Crippen LogP contribution is 2.45. The molecule has 128 valence electrons. The average molecular weight is 410 g/mol. The van der Waals surface area contributed by atoms with Gasteiger partial charge >= 0.3 is 5.97 Å². The molecular formula is C17H20BrN3O2S. The van der Waals surface area contributed by atoms with Crippen LogP contribution in [0.2, 0.25) is 0 Å². The molecule has 2 atom stereocenters. The largest absolute Gasteiger partial charge is 0.469 e. The summed E-state index contributed by atoms with van der Waals surface area (Å²) in [5.74, 6) is -0.0801. The van der Waals surface area contributed by atoms with Gasteiger partial charge in [0.25, 0.3) is 0 Å². The predicted molar refractivity (Wildman–Crippen MR) is 99.3 cm³/mol. The lowest BCUT2D eigenvalue weighted by molar-refractivity contribution is -0.149. The van der Waals surface area contributed by atoms with Crippen molar-refractivity contribution in [2.75, 3.05) is 12.4 Å². The molecule has 1 heterocycles. The molecule has 0 saturated heterocycles. The molecule has 0 unspecified atom stereocenters. The van der Waals surface area contributed by atoms with E-state index < -0.39 is 0 Å². The van der Waals surface area contributed by atoms with Crippen molar-refractivity contribution in [3.05, 3.63) is 27.7 Å². The summed E-state index contributed by atoms with van der Waals surface area (Å²) in [5.41, 5.74) is 2.06. The minimum Gasteiger partial charge on any atom is -0.469 e. The molecule has 1 saturated carbocycles. The fourth-order valence-electron chi connectivity index (χ4n) is 2.86. The van der Waals surface area contributed by atoms with Crippen LogP contribution in [0, 0.1) is 5.92 Å². The Bertz CT molecular complexity index is 747. The van der Waals surface area contributed by atoms with Crippen LogP contribution in [-0.4, -0.2) is 29.3 Å². The summed E-state index contributed by atoms with van der Waals surface area (Å²) in [6.45, 7) is 4.21. The first-order valence-corrected chi connectivity index (χ1v) is 9.58. The van der Waals surface area contributed by atoms with Crippen LogP contribution in [0.5, 0.6) is 0 Å². The van der Waals surface area contributed by atoms with Gasteiger partial charge < -0.3 is 10.1 Å². The second-order valence-electron chi connectivity index (χ2n) is 6.25. The molecule has 1 aromatic carbocycles. The maximum absolute atomic E-state index is 11.8. The normalized spacial score (nSPS) is 19.9. The summed E-state index contributed by atoms with van der Waals surface area (Å²) in [4.78, 5) is 11.8. The number of rotatable bonds is 5. The Hall–Kier alpha value is -1.47. The number of carbonyl (C=O) groups excluding carboxylic acids is 1. The van der Waals surface area contributed by atoms with Crippen molar-refractivity contribution >= 4 is 38.9 Å². The van der Waals surface area contributed by atoms with E-state index in [0.29, 0.717) is 6.04 Å². The number of benzene rings is 1. The van der Waals surface area contributed by atoms with Crippen LogP contribution in [0.15, 0.2) is 22.7 Å². The molecule has 3 rings (SSSR count). The van der Waals surface area contributed by atoms with Crippen molar-refractivity contribution in [1.82, 2.24) is 10.2 Å². The minimum absolute atomic E-state index is 0.0750. The Morgan fingerprint density at radius 3 is 2.79 bits per heavy atom. The smallest absolute Gasteiger partial charge is 0.309 e. The highest BCUT2D eigenvalue weighted by Gasteiger charge is 2.40. The summed E-state index contributed by atoms with van der Waals surface area (Å²) in [6, 6.07) is 6.41. The molecule has 1 aliphatic carbocycles. The molecule has 1 fully saturated rings. The molecule has 0 spiro atoms. The molecule has 5 nitrogen and oxygen atoms in total. The first-order valence-electron chi connectivity index (χ1n) is 7.97. The van der Waals surface area contributed by atoms with Crippen LogP contribution in [0.3, 0.4) is 0 Å². The first-order chi connectivity index (χ1) is 11.5. The Morgan fingerprint density at radius 1 is 1.38 bits per heavy atom. The van der Waals surface area contributed by atoms with Gasteiger partial charge in [-0.25, -0.2) is 0 Å². The third-order valence-electron chi connectivity index (χ3n) is 4.19. The second-order valence-corrected chi connectivity index (χ2v) is 8.17. The number of aromatic nitrogens is 2. The molecular weight excluding hydrogens is 390 g/mol. The van der Waals surface area contributed by atoms with Crippen LogP contribution >= 0.6 is 27.3 Å².